The summed E-state index contributed by atoms with van der Waals surface area (Å²) in [6.07, 6.45) is 2.28. The van der Waals surface area contributed by atoms with Crippen molar-refractivity contribution in [2.24, 2.45) is 0 Å². The highest BCUT2D eigenvalue weighted by Crippen LogP contribution is 2.10. The minimum atomic E-state index is 0.581. The minimum absolute atomic E-state index is 0.581. The Bertz CT molecular complexity index is 303. The van der Waals surface area contributed by atoms with Crippen LogP contribution in [0.5, 0.6) is 0 Å². The predicted octanol–water partition coefficient (Wildman–Crippen LogP) is 1.04. The number of nitrogens with one attached hydrogen (secondary N) is 1. The highest BCUT2D eigenvalue weighted by molar-refractivity contribution is 5.21. The van der Waals surface area contributed by atoms with Crippen LogP contribution in [0, 0.1) is 0 Å². The second-order valence-corrected chi connectivity index (χ2v) is 3.92. The van der Waals surface area contributed by atoms with Crippen LogP contribution in [-0.2, 0) is 11.3 Å². The fourth-order valence-electron chi connectivity index (χ4n) is 1.33. The fraction of sp³-hybridized carbons (Fsp3) is 0.818. The second kappa shape index (κ2) is 8.03. The minimum Gasteiger partial charge on any atom is -0.407 e. The first-order valence-electron chi connectivity index (χ1n) is 6.01. The van der Waals surface area contributed by atoms with Crippen molar-refractivity contribution in [3.05, 3.63) is 5.89 Å². The third-order valence-corrected chi connectivity index (χ3v) is 2.39. The van der Waals surface area contributed by atoms with Crippen molar-refractivity contribution in [1.82, 2.24) is 15.5 Å². The van der Waals surface area contributed by atoms with Crippen molar-refractivity contribution < 1.29 is 9.15 Å². The molecule has 0 saturated heterocycles. The lowest BCUT2D eigenvalue weighted by molar-refractivity contribution is 0.198. The van der Waals surface area contributed by atoms with E-state index in [1.54, 1.807) is 7.11 Å². The van der Waals surface area contributed by atoms with Gasteiger partial charge in [0.25, 0.3) is 0 Å². The third-order valence-electron chi connectivity index (χ3n) is 2.39. The molecular weight excluding hydrogens is 220 g/mol. The van der Waals surface area contributed by atoms with E-state index in [2.05, 4.69) is 22.4 Å². The number of hydrogen-bond donors (Lipinski definition) is 1. The zero-order valence-electron chi connectivity index (χ0n) is 10.9. The van der Waals surface area contributed by atoms with Crippen LogP contribution in [0.4, 0.5) is 6.01 Å². The maximum atomic E-state index is 5.52. The van der Waals surface area contributed by atoms with Gasteiger partial charge in [-0.3, -0.25) is 0 Å². The molecule has 0 bridgehead atoms. The molecule has 0 spiro atoms. The lowest BCUT2D eigenvalue weighted by Gasteiger charge is -2.12. The molecule has 0 radical (unpaired) electrons. The summed E-state index contributed by atoms with van der Waals surface area (Å²) in [5.74, 6) is 0.611. The molecule has 0 atom stereocenters. The van der Waals surface area contributed by atoms with E-state index < -0.39 is 0 Å². The van der Waals surface area contributed by atoms with E-state index in [0.717, 1.165) is 25.9 Å². The molecule has 6 nitrogen and oxygen atoms in total. The Hall–Kier alpha value is -1.14. The van der Waals surface area contributed by atoms with Gasteiger partial charge in [0, 0.05) is 27.2 Å². The molecule has 0 aliphatic heterocycles. The topological polar surface area (TPSA) is 63.4 Å². The smallest absolute Gasteiger partial charge is 0.317 e. The van der Waals surface area contributed by atoms with Crippen LogP contribution >= 0.6 is 0 Å². The van der Waals surface area contributed by atoms with Gasteiger partial charge in [0.1, 0.15) is 0 Å². The molecule has 0 amide bonds. The molecule has 0 aliphatic rings. The number of hydrogen-bond acceptors (Lipinski definition) is 6. The van der Waals surface area contributed by atoms with E-state index in [1.165, 1.54) is 0 Å². The molecule has 0 aromatic carbocycles. The summed E-state index contributed by atoms with van der Waals surface area (Å²) in [5, 5.41) is 11.1. The molecule has 1 N–H and O–H groups in total. The summed E-state index contributed by atoms with van der Waals surface area (Å²) in [5.41, 5.74) is 0. The van der Waals surface area contributed by atoms with Crippen LogP contribution in [0.15, 0.2) is 4.42 Å². The van der Waals surface area contributed by atoms with Gasteiger partial charge in [0.15, 0.2) is 0 Å². The van der Waals surface area contributed by atoms with Crippen LogP contribution < -0.4 is 10.2 Å². The van der Waals surface area contributed by atoms with Crippen LogP contribution in [-0.4, -0.2) is 44.1 Å². The Morgan fingerprint density at radius 3 is 2.94 bits per heavy atom. The molecule has 0 unspecified atom stereocenters. The van der Waals surface area contributed by atoms with Gasteiger partial charge >= 0.3 is 6.01 Å². The highest BCUT2D eigenvalue weighted by Gasteiger charge is 2.09. The van der Waals surface area contributed by atoms with E-state index in [4.69, 9.17) is 9.15 Å². The van der Waals surface area contributed by atoms with Gasteiger partial charge < -0.3 is 19.4 Å². The van der Waals surface area contributed by atoms with Gasteiger partial charge in [-0.05, 0) is 6.42 Å². The molecule has 0 aliphatic carbocycles. The molecule has 0 fully saturated rings. The largest absolute Gasteiger partial charge is 0.407 e. The third kappa shape index (κ3) is 5.14. The lowest BCUT2D eigenvalue weighted by Crippen LogP contribution is -2.19. The van der Waals surface area contributed by atoms with Crippen LogP contribution in [0.3, 0.4) is 0 Å². The van der Waals surface area contributed by atoms with Crippen molar-refractivity contribution in [3.63, 3.8) is 0 Å². The number of nitrogens with zero attached hydrogens (tertiary/aromatic N) is 3. The molecular formula is C11H22N4O2. The Labute approximate surface area is 102 Å². The summed E-state index contributed by atoms with van der Waals surface area (Å²) < 4.78 is 10.5. The average Bonchev–Trinajstić information content (AvgIpc) is 2.80. The van der Waals surface area contributed by atoms with E-state index in [0.29, 0.717) is 25.1 Å². The zero-order valence-corrected chi connectivity index (χ0v) is 10.9. The molecule has 0 saturated carbocycles. The van der Waals surface area contributed by atoms with Crippen LogP contribution in [0.1, 0.15) is 25.7 Å². The maximum absolute atomic E-state index is 5.52. The first kappa shape index (κ1) is 13.9. The molecule has 1 heterocycles. The Kier molecular flexibility index (Phi) is 6.57. The number of ether oxygens (including phenoxy) is 1. The van der Waals surface area contributed by atoms with Gasteiger partial charge in [0.05, 0.1) is 13.2 Å². The van der Waals surface area contributed by atoms with Crippen molar-refractivity contribution in [2.45, 2.75) is 26.3 Å². The number of methoxy groups -OCH3 is 1. The average molecular weight is 242 g/mol. The Balaban J connectivity index is 2.31. The zero-order chi connectivity index (χ0) is 12.5. The van der Waals surface area contributed by atoms with Crippen molar-refractivity contribution >= 4 is 6.01 Å². The number of aromatic nitrogens is 2. The van der Waals surface area contributed by atoms with Gasteiger partial charge in [-0.15, -0.1) is 5.10 Å². The molecule has 1 aromatic heterocycles. The normalized spacial score (nSPS) is 10.8. The summed E-state index contributed by atoms with van der Waals surface area (Å²) in [7, 11) is 3.64. The summed E-state index contributed by atoms with van der Waals surface area (Å²) in [6, 6.07) is 0.585. The molecule has 1 rings (SSSR count). The van der Waals surface area contributed by atoms with Crippen molar-refractivity contribution in [2.75, 3.05) is 38.8 Å². The predicted molar refractivity (Wildman–Crippen MR) is 66.1 cm³/mol. The van der Waals surface area contributed by atoms with E-state index in [1.807, 2.05) is 11.9 Å². The first-order chi connectivity index (χ1) is 8.27. The Morgan fingerprint density at radius 1 is 1.41 bits per heavy atom. The molecule has 17 heavy (non-hydrogen) atoms. The number of rotatable bonds is 9. The summed E-state index contributed by atoms with van der Waals surface area (Å²) in [6.45, 7) is 5.14. The van der Waals surface area contributed by atoms with Gasteiger partial charge in [-0.2, -0.15) is 0 Å². The molecule has 98 valence electrons. The highest BCUT2D eigenvalue weighted by atomic mass is 16.5. The lowest BCUT2D eigenvalue weighted by atomic mass is 10.3. The van der Waals surface area contributed by atoms with Crippen LogP contribution in [0.2, 0.25) is 0 Å². The molecule has 1 aromatic rings. The van der Waals surface area contributed by atoms with Crippen molar-refractivity contribution in [1.29, 1.82) is 0 Å². The quantitative estimate of drug-likeness (QED) is 0.653. The number of unbranched alkanes of at least 4 members (excludes halogenated alkanes) is 1. The first-order valence-corrected chi connectivity index (χ1v) is 6.01. The second-order valence-electron chi connectivity index (χ2n) is 3.92. The van der Waals surface area contributed by atoms with Gasteiger partial charge in [-0.1, -0.05) is 18.4 Å². The van der Waals surface area contributed by atoms with Crippen molar-refractivity contribution in [3.8, 4) is 0 Å². The van der Waals surface area contributed by atoms with E-state index in [9.17, 15) is 0 Å². The monoisotopic (exact) mass is 242 g/mol. The SMILES string of the molecule is CCCCN(C)c1nnc(CNCCOC)o1. The standard InChI is InChI=1S/C11H22N4O2/c1-4-5-7-15(2)11-14-13-10(17-11)9-12-6-8-16-3/h12H,4-9H2,1-3H3. The van der Waals surface area contributed by atoms with Gasteiger partial charge in [-0.25, -0.2) is 0 Å². The van der Waals surface area contributed by atoms with E-state index in [-0.39, 0.29) is 0 Å². The maximum Gasteiger partial charge on any atom is 0.317 e. The number of anilines is 1. The van der Waals surface area contributed by atoms with E-state index >= 15 is 0 Å². The summed E-state index contributed by atoms with van der Waals surface area (Å²) in [4.78, 5) is 1.98. The van der Waals surface area contributed by atoms with Crippen LogP contribution in [0.25, 0.3) is 0 Å². The molecule has 6 heteroatoms. The fourth-order valence-corrected chi connectivity index (χ4v) is 1.33. The Morgan fingerprint density at radius 2 is 2.24 bits per heavy atom. The van der Waals surface area contributed by atoms with Gasteiger partial charge in [0.2, 0.25) is 5.89 Å². The summed E-state index contributed by atoms with van der Waals surface area (Å²) >= 11 is 0.